The number of ether oxygens (including phenoxy) is 1. The zero-order chi connectivity index (χ0) is 25.6. The molecule has 0 N–H and O–H groups in total. The van der Waals surface area contributed by atoms with Crippen LogP contribution in [-0.2, 0) is 31.5 Å². The molecule has 2 aliphatic rings. The Morgan fingerprint density at radius 2 is 1.83 bits per heavy atom. The molecule has 35 heavy (non-hydrogen) atoms. The van der Waals surface area contributed by atoms with Crippen LogP contribution in [0.4, 0.5) is 8.78 Å². The Morgan fingerprint density at radius 1 is 1.17 bits per heavy atom. The monoisotopic (exact) mass is 502 g/mol. The smallest absolute Gasteiger partial charge is 0.303 e. The predicted molar refractivity (Wildman–Crippen MR) is 125 cm³/mol. The van der Waals surface area contributed by atoms with Crippen molar-refractivity contribution in [3.8, 4) is 6.07 Å². The van der Waals surface area contributed by atoms with Crippen molar-refractivity contribution >= 4 is 16.0 Å². The number of carbonyl (C=O) groups excluding carboxylic acids is 1. The minimum Gasteiger partial charge on any atom is -0.459 e. The van der Waals surface area contributed by atoms with Crippen molar-refractivity contribution in [2.75, 3.05) is 0 Å². The standard InChI is InChI=1S/C26H28F2N2O4S/c1-17-9-10-24(19-7-5-4-6-8-19)35(32,33)30(17)13-20-11-23(28)21(12-22(20)27)26(16-29)14-25(3,15-26)34-18(2)31/h4-8,11-12,17,24H,9-10,13-15H2,1-3H3/t17-,24+,25?,26?/m0/s1. The molecule has 1 saturated heterocycles. The predicted octanol–water partition coefficient (Wildman–Crippen LogP) is 4.90. The lowest BCUT2D eigenvalue weighted by Crippen LogP contribution is -2.54. The molecule has 2 atom stereocenters. The van der Waals surface area contributed by atoms with E-state index in [4.69, 9.17) is 4.74 Å². The maximum absolute atomic E-state index is 15.2. The average molecular weight is 503 g/mol. The van der Waals surface area contributed by atoms with Gasteiger partial charge in [-0.05, 0) is 44.4 Å². The van der Waals surface area contributed by atoms with Gasteiger partial charge in [0.05, 0.1) is 11.5 Å². The van der Waals surface area contributed by atoms with Crippen LogP contribution in [0.15, 0.2) is 42.5 Å². The molecule has 0 spiro atoms. The highest BCUT2D eigenvalue weighted by Crippen LogP contribution is 2.52. The molecule has 2 aromatic rings. The zero-order valence-corrected chi connectivity index (χ0v) is 20.7. The van der Waals surface area contributed by atoms with Gasteiger partial charge in [-0.15, -0.1) is 0 Å². The molecule has 0 bridgehead atoms. The molecule has 4 rings (SSSR count). The van der Waals surface area contributed by atoms with E-state index < -0.39 is 43.9 Å². The van der Waals surface area contributed by atoms with Gasteiger partial charge in [-0.2, -0.15) is 9.57 Å². The van der Waals surface area contributed by atoms with Gasteiger partial charge in [0.15, 0.2) is 0 Å². The Hall–Kier alpha value is -2.83. The van der Waals surface area contributed by atoms with Crippen molar-refractivity contribution in [3.63, 3.8) is 0 Å². The van der Waals surface area contributed by atoms with E-state index in [9.17, 15) is 18.5 Å². The molecule has 1 aliphatic heterocycles. The number of nitriles is 1. The van der Waals surface area contributed by atoms with E-state index in [1.807, 2.05) is 6.07 Å². The SMILES string of the molecule is CC(=O)OC1(C)CC(C#N)(c2cc(F)c(CN3[C@@H](C)CC[C@H](c4ccccc4)S3(=O)=O)cc2F)C1. The fraction of sp³-hybridized carbons (Fsp3) is 0.462. The molecular formula is C26H28F2N2O4S. The molecule has 1 aliphatic carbocycles. The van der Waals surface area contributed by atoms with Crippen molar-refractivity contribution in [1.82, 2.24) is 4.31 Å². The summed E-state index contributed by atoms with van der Waals surface area (Å²) in [6.07, 6.45) is 1.13. The summed E-state index contributed by atoms with van der Waals surface area (Å²) < 4.78 is 63.8. The van der Waals surface area contributed by atoms with Gasteiger partial charge in [-0.1, -0.05) is 30.3 Å². The maximum atomic E-state index is 15.2. The van der Waals surface area contributed by atoms with Crippen LogP contribution in [0.3, 0.4) is 0 Å². The van der Waals surface area contributed by atoms with Crippen LogP contribution in [0.2, 0.25) is 0 Å². The van der Waals surface area contributed by atoms with Crippen LogP contribution >= 0.6 is 0 Å². The van der Waals surface area contributed by atoms with Gasteiger partial charge in [0.1, 0.15) is 22.5 Å². The fourth-order valence-electron chi connectivity index (χ4n) is 5.57. The van der Waals surface area contributed by atoms with Crippen LogP contribution in [0, 0.1) is 23.0 Å². The minimum atomic E-state index is -3.81. The lowest BCUT2D eigenvalue weighted by Gasteiger charge is -2.49. The first-order valence-electron chi connectivity index (χ1n) is 11.6. The second kappa shape index (κ2) is 8.99. The van der Waals surface area contributed by atoms with Gasteiger partial charge in [0.2, 0.25) is 10.0 Å². The normalized spacial score (nSPS) is 30.2. The fourth-order valence-corrected chi connectivity index (χ4v) is 7.76. The highest BCUT2D eigenvalue weighted by molar-refractivity contribution is 7.89. The number of benzene rings is 2. The Morgan fingerprint density at radius 3 is 2.43 bits per heavy atom. The lowest BCUT2D eigenvalue weighted by atomic mass is 9.57. The Bertz CT molecular complexity index is 1280. The molecule has 1 heterocycles. The van der Waals surface area contributed by atoms with E-state index in [-0.39, 0.29) is 36.6 Å². The van der Waals surface area contributed by atoms with Crippen LogP contribution in [-0.4, -0.2) is 30.3 Å². The molecular weight excluding hydrogens is 474 g/mol. The Balaban J connectivity index is 1.62. The summed E-state index contributed by atoms with van der Waals surface area (Å²) in [5, 5.41) is 9.03. The summed E-state index contributed by atoms with van der Waals surface area (Å²) in [5.74, 6) is -2.07. The number of halogens is 2. The molecule has 0 amide bonds. The van der Waals surface area contributed by atoms with Crippen molar-refractivity contribution < 1.29 is 26.7 Å². The van der Waals surface area contributed by atoms with Gasteiger partial charge in [0, 0.05) is 43.5 Å². The van der Waals surface area contributed by atoms with Gasteiger partial charge in [0.25, 0.3) is 0 Å². The van der Waals surface area contributed by atoms with Crippen molar-refractivity contribution in [1.29, 1.82) is 5.26 Å². The quantitative estimate of drug-likeness (QED) is 0.543. The molecule has 0 radical (unpaired) electrons. The number of rotatable bonds is 5. The second-order valence-corrected chi connectivity index (χ2v) is 12.0. The Kier molecular flexibility index (Phi) is 6.49. The maximum Gasteiger partial charge on any atom is 0.303 e. The van der Waals surface area contributed by atoms with Crippen LogP contribution < -0.4 is 0 Å². The molecule has 1 saturated carbocycles. The largest absolute Gasteiger partial charge is 0.459 e. The Labute approximate surface area is 204 Å². The summed E-state index contributed by atoms with van der Waals surface area (Å²) in [6, 6.07) is 12.5. The topological polar surface area (TPSA) is 87.5 Å². The third-order valence-electron chi connectivity index (χ3n) is 7.13. The molecule has 186 valence electrons. The molecule has 2 aromatic carbocycles. The van der Waals surface area contributed by atoms with Crippen molar-refractivity contribution in [3.05, 3.63) is 70.8 Å². The first kappa shape index (κ1) is 25.3. The van der Waals surface area contributed by atoms with Gasteiger partial charge < -0.3 is 4.74 Å². The third kappa shape index (κ3) is 4.57. The highest BCUT2D eigenvalue weighted by Gasteiger charge is 2.57. The molecule has 0 unspecified atom stereocenters. The lowest BCUT2D eigenvalue weighted by molar-refractivity contribution is -0.169. The van der Waals surface area contributed by atoms with E-state index >= 15 is 8.78 Å². The van der Waals surface area contributed by atoms with E-state index in [2.05, 4.69) is 6.07 Å². The van der Waals surface area contributed by atoms with Crippen LogP contribution in [0.1, 0.15) is 68.4 Å². The number of carbonyl (C=O) groups is 1. The van der Waals surface area contributed by atoms with Crippen molar-refractivity contribution in [2.45, 2.75) is 75.3 Å². The summed E-state index contributed by atoms with van der Waals surface area (Å²) in [5.41, 5.74) is -1.78. The highest BCUT2D eigenvalue weighted by atomic mass is 32.2. The number of nitrogens with zero attached hydrogens (tertiary/aromatic N) is 2. The number of hydrogen-bond acceptors (Lipinski definition) is 5. The summed E-state index contributed by atoms with van der Waals surface area (Å²) in [6.45, 7) is 4.36. The number of esters is 1. The molecule has 0 aromatic heterocycles. The molecule has 2 fully saturated rings. The summed E-state index contributed by atoms with van der Waals surface area (Å²) in [4.78, 5) is 11.3. The first-order chi connectivity index (χ1) is 16.4. The van der Waals surface area contributed by atoms with E-state index in [1.54, 1.807) is 38.1 Å². The third-order valence-corrected chi connectivity index (χ3v) is 9.50. The molecule has 6 nitrogen and oxygen atoms in total. The summed E-state index contributed by atoms with van der Waals surface area (Å²) >= 11 is 0. The van der Waals surface area contributed by atoms with Crippen LogP contribution in [0.25, 0.3) is 0 Å². The summed E-state index contributed by atoms with van der Waals surface area (Å²) in [7, 11) is -3.81. The zero-order valence-electron chi connectivity index (χ0n) is 19.9. The number of sulfonamides is 1. The van der Waals surface area contributed by atoms with Crippen LogP contribution in [0.5, 0.6) is 0 Å². The van der Waals surface area contributed by atoms with E-state index in [0.29, 0.717) is 18.4 Å². The van der Waals surface area contributed by atoms with Crippen molar-refractivity contribution in [2.24, 2.45) is 0 Å². The second-order valence-electron chi connectivity index (χ2n) is 9.93. The van der Waals surface area contributed by atoms with Gasteiger partial charge >= 0.3 is 5.97 Å². The van der Waals surface area contributed by atoms with Gasteiger partial charge in [-0.3, -0.25) is 4.79 Å². The van der Waals surface area contributed by atoms with E-state index in [1.165, 1.54) is 11.2 Å². The van der Waals surface area contributed by atoms with E-state index in [0.717, 1.165) is 12.1 Å². The molecule has 9 heteroatoms. The average Bonchev–Trinajstić information content (AvgIpc) is 2.76. The first-order valence-corrected chi connectivity index (χ1v) is 13.1. The van der Waals surface area contributed by atoms with Gasteiger partial charge in [-0.25, -0.2) is 17.2 Å². The number of hydrogen-bond donors (Lipinski definition) is 0. The minimum absolute atomic E-state index is 0.0437.